The van der Waals surface area contributed by atoms with Crippen LogP contribution in [0, 0.1) is 0 Å². The van der Waals surface area contributed by atoms with Gasteiger partial charge in [0, 0.05) is 13.0 Å². The summed E-state index contributed by atoms with van der Waals surface area (Å²) in [5.74, 6) is 1.43. The summed E-state index contributed by atoms with van der Waals surface area (Å²) >= 11 is 0. The van der Waals surface area contributed by atoms with Gasteiger partial charge < -0.3 is 19.4 Å². The van der Waals surface area contributed by atoms with Gasteiger partial charge in [-0.2, -0.15) is 0 Å². The van der Waals surface area contributed by atoms with Crippen molar-refractivity contribution in [3.05, 3.63) is 54.2 Å². The second-order valence-electron chi connectivity index (χ2n) is 5.29. The first-order valence-corrected chi connectivity index (χ1v) is 7.62. The first kappa shape index (κ1) is 15.3. The largest absolute Gasteiger partial charge is 0.467 e. The standard InChI is InChI=1S/C17H19N3O3/c21-9-3-8-16-19-14-6-1-2-7-15(14)20(16)12-17(22)18-11-13-5-4-10-23-13/h1-2,4-7,10,21H,3,8-9,11-12H2,(H,18,22). The number of amides is 1. The van der Waals surface area contributed by atoms with Crippen molar-refractivity contribution < 1.29 is 14.3 Å². The fraction of sp³-hybridized carbons (Fsp3) is 0.294. The maximum absolute atomic E-state index is 12.2. The average Bonchev–Trinajstić information content (AvgIpc) is 3.19. The highest BCUT2D eigenvalue weighted by Crippen LogP contribution is 2.17. The van der Waals surface area contributed by atoms with Gasteiger partial charge in [-0.3, -0.25) is 4.79 Å². The highest BCUT2D eigenvalue weighted by Gasteiger charge is 2.13. The van der Waals surface area contributed by atoms with E-state index in [4.69, 9.17) is 9.52 Å². The molecule has 0 saturated heterocycles. The molecule has 0 bridgehead atoms. The van der Waals surface area contributed by atoms with Crippen molar-refractivity contribution in [3.8, 4) is 0 Å². The van der Waals surface area contributed by atoms with Crippen molar-refractivity contribution in [2.24, 2.45) is 0 Å². The minimum Gasteiger partial charge on any atom is -0.467 e. The van der Waals surface area contributed by atoms with E-state index in [2.05, 4.69) is 10.3 Å². The van der Waals surface area contributed by atoms with Crippen LogP contribution in [0.25, 0.3) is 11.0 Å². The third kappa shape index (κ3) is 3.60. The van der Waals surface area contributed by atoms with Gasteiger partial charge >= 0.3 is 0 Å². The summed E-state index contributed by atoms with van der Waals surface area (Å²) in [4.78, 5) is 16.8. The maximum atomic E-state index is 12.2. The number of aromatic nitrogens is 2. The zero-order valence-electron chi connectivity index (χ0n) is 12.7. The molecular formula is C17H19N3O3. The number of aryl methyl sites for hydroxylation is 1. The Balaban J connectivity index is 1.75. The Morgan fingerprint density at radius 1 is 1.26 bits per heavy atom. The molecule has 0 atom stereocenters. The molecule has 0 saturated carbocycles. The number of aliphatic hydroxyl groups excluding tert-OH is 1. The lowest BCUT2D eigenvalue weighted by molar-refractivity contribution is -0.121. The van der Waals surface area contributed by atoms with Gasteiger partial charge in [0.05, 0.1) is 23.8 Å². The van der Waals surface area contributed by atoms with Crippen molar-refractivity contribution in [2.75, 3.05) is 6.61 Å². The summed E-state index contributed by atoms with van der Waals surface area (Å²) in [6, 6.07) is 11.3. The number of benzene rings is 1. The van der Waals surface area contributed by atoms with Gasteiger partial charge in [-0.05, 0) is 30.7 Å². The number of carbonyl (C=O) groups is 1. The molecule has 0 radical (unpaired) electrons. The number of para-hydroxylation sites is 2. The SMILES string of the molecule is O=C(Cn1c(CCCO)nc2ccccc21)NCc1ccco1. The predicted octanol–water partition coefficient (Wildman–Crippen LogP) is 1.87. The van der Waals surface area contributed by atoms with E-state index >= 15 is 0 Å². The van der Waals surface area contributed by atoms with Crippen LogP contribution in [-0.4, -0.2) is 27.2 Å². The minimum atomic E-state index is -0.102. The van der Waals surface area contributed by atoms with Crippen LogP contribution in [0.2, 0.25) is 0 Å². The fourth-order valence-corrected chi connectivity index (χ4v) is 2.53. The lowest BCUT2D eigenvalue weighted by Crippen LogP contribution is -2.27. The van der Waals surface area contributed by atoms with Crippen LogP contribution in [0.1, 0.15) is 18.0 Å². The lowest BCUT2D eigenvalue weighted by Gasteiger charge is -2.09. The van der Waals surface area contributed by atoms with E-state index in [9.17, 15) is 4.79 Å². The molecule has 0 unspecified atom stereocenters. The maximum Gasteiger partial charge on any atom is 0.240 e. The summed E-state index contributed by atoms with van der Waals surface area (Å²) in [5, 5.41) is 11.9. The smallest absolute Gasteiger partial charge is 0.240 e. The molecule has 6 nitrogen and oxygen atoms in total. The summed E-state index contributed by atoms with van der Waals surface area (Å²) in [7, 11) is 0. The molecule has 0 aliphatic rings. The summed E-state index contributed by atoms with van der Waals surface area (Å²) in [5.41, 5.74) is 1.79. The van der Waals surface area contributed by atoms with Crippen LogP contribution in [0.15, 0.2) is 47.1 Å². The molecule has 6 heteroatoms. The van der Waals surface area contributed by atoms with E-state index in [-0.39, 0.29) is 19.1 Å². The normalized spacial score (nSPS) is 11.0. The first-order valence-electron chi connectivity index (χ1n) is 7.62. The molecule has 0 aliphatic carbocycles. The van der Waals surface area contributed by atoms with E-state index in [0.717, 1.165) is 16.9 Å². The Kier molecular flexibility index (Phi) is 4.73. The van der Waals surface area contributed by atoms with Gasteiger partial charge in [0.15, 0.2) is 0 Å². The Bertz CT molecular complexity index is 778. The second kappa shape index (κ2) is 7.11. The number of carbonyl (C=O) groups excluding carboxylic acids is 1. The fourth-order valence-electron chi connectivity index (χ4n) is 2.53. The van der Waals surface area contributed by atoms with Crippen molar-refractivity contribution in [1.29, 1.82) is 0 Å². The number of fused-ring (bicyclic) bond motifs is 1. The van der Waals surface area contributed by atoms with Gasteiger partial charge in [-0.15, -0.1) is 0 Å². The molecule has 3 rings (SSSR count). The number of rotatable bonds is 7. The topological polar surface area (TPSA) is 80.3 Å². The Labute approximate surface area is 133 Å². The number of nitrogens with one attached hydrogen (secondary N) is 1. The van der Waals surface area contributed by atoms with Crippen LogP contribution >= 0.6 is 0 Å². The van der Waals surface area contributed by atoms with Gasteiger partial charge in [0.2, 0.25) is 5.91 Å². The van der Waals surface area contributed by atoms with E-state index in [1.165, 1.54) is 0 Å². The lowest BCUT2D eigenvalue weighted by atomic mass is 10.3. The van der Waals surface area contributed by atoms with E-state index in [1.54, 1.807) is 12.3 Å². The van der Waals surface area contributed by atoms with Crippen LogP contribution < -0.4 is 5.32 Å². The molecule has 0 aliphatic heterocycles. The molecule has 2 aromatic heterocycles. The molecular weight excluding hydrogens is 294 g/mol. The molecule has 0 spiro atoms. The van der Waals surface area contributed by atoms with Crippen LogP contribution in [0.5, 0.6) is 0 Å². The number of nitrogens with zero attached hydrogens (tertiary/aromatic N) is 2. The molecule has 2 N–H and O–H groups in total. The van der Waals surface area contributed by atoms with Crippen LogP contribution in [0.4, 0.5) is 0 Å². The molecule has 1 aromatic carbocycles. The quantitative estimate of drug-likeness (QED) is 0.698. The van der Waals surface area contributed by atoms with Crippen LogP contribution in [0.3, 0.4) is 0 Å². The summed E-state index contributed by atoms with van der Waals surface area (Å²) < 4.78 is 7.11. The molecule has 120 valence electrons. The first-order chi connectivity index (χ1) is 11.3. The van der Waals surface area contributed by atoms with Crippen molar-refractivity contribution in [3.63, 3.8) is 0 Å². The Morgan fingerprint density at radius 2 is 2.13 bits per heavy atom. The second-order valence-corrected chi connectivity index (χ2v) is 5.29. The van der Waals surface area contributed by atoms with E-state index in [0.29, 0.717) is 25.1 Å². The number of aliphatic hydroxyl groups is 1. The number of imidazole rings is 1. The predicted molar refractivity (Wildman–Crippen MR) is 85.7 cm³/mol. The molecule has 0 fully saturated rings. The summed E-state index contributed by atoms with van der Waals surface area (Å²) in [6.45, 7) is 0.667. The van der Waals surface area contributed by atoms with E-state index in [1.807, 2.05) is 34.9 Å². The van der Waals surface area contributed by atoms with Crippen molar-refractivity contribution in [1.82, 2.24) is 14.9 Å². The van der Waals surface area contributed by atoms with Gasteiger partial charge in [0.1, 0.15) is 18.1 Å². The molecule has 3 aromatic rings. The zero-order chi connectivity index (χ0) is 16.1. The van der Waals surface area contributed by atoms with Crippen LogP contribution in [-0.2, 0) is 24.3 Å². The Hall–Kier alpha value is -2.60. The van der Waals surface area contributed by atoms with Crippen molar-refractivity contribution >= 4 is 16.9 Å². The highest BCUT2D eigenvalue weighted by molar-refractivity contribution is 5.81. The summed E-state index contributed by atoms with van der Waals surface area (Å²) in [6.07, 6.45) is 2.84. The third-order valence-corrected chi connectivity index (χ3v) is 3.63. The van der Waals surface area contributed by atoms with Gasteiger partial charge in [-0.1, -0.05) is 12.1 Å². The third-order valence-electron chi connectivity index (χ3n) is 3.63. The molecule has 23 heavy (non-hydrogen) atoms. The minimum absolute atomic E-state index is 0.102. The molecule has 1 amide bonds. The number of hydrogen-bond acceptors (Lipinski definition) is 4. The average molecular weight is 313 g/mol. The number of hydrogen-bond donors (Lipinski definition) is 2. The van der Waals surface area contributed by atoms with Crippen molar-refractivity contribution in [2.45, 2.75) is 25.9 Å². The van der Waals surface area contributed by atoms with E-state index < -0.39 is 0 Å². The monoisotopic (exact) mass is 313 g/mol. The number of furan rings is 1. The van der Waals surface area contributed by atoms with Gasteiger partial charge in [-0.25, -0.2) is 4.98 Å². The zero-order valence-corrected chi connectivity index (χ0v) is 12.7. The highest BCUT2D eigenvalue weighted by atomic mass is 16.3. The Morgan fingerprint density at radius 3 is 2.91 bits per heavy atom. The molecule has 2 heterocycles. The van der Waals surface area contributed by atoms with Gasteiger partial charge in [0.25, 0.3) is 0 Å².